The Hall–Kier alpha value is -0.250. The zero-order valence-electron chi connectivity index (χ0n) is 5.84. The molecule has 62 valence electrons. The van der Waals surface area contributed by atoms with Gasteiger partial charge in [-0.15, -0.1) is 24.0 Å². The van der Waals surface area contributed by atoms with Gasteiger partial charge < -0.3 is 0 Å². The smallest absolute Gasteiger partial charge is 0.139 e. The second kappa shape index (κ2) is 2.91. The van der Waals surface area contributed by atoms with Crippen LogP contribution in [0.25, 0.3) is 10.1 Å². The van der Waals surface area contributed by atoms with E-state index >= 15 is 0 Å². The van der Waals surface area contributed by atoms with Crippen molar-refractivity contribution in [2.24, 2.45) is 0 Å². The Kier molecular flexibility index (Phi) is 2.02. The molecule has 2 rings (SSSR count). The summed E-state index contributed by atoms with van der Waals surface area (Å²) in [5.74, 6) is -0.363. The van der Waals surface area contributed by atoms with Gasteiger partial charge in [0.2, 0.25) is 0 Å². The molecule has 0 aliphatic carbocycles. The summed E-state index contributed by atoms with van der Waals surface area (Å²) >= 11 is 11.3. The van der Waals surface area contributed by atoms with Crippen molar-refractivity contribution in [3.8, 4) is 0 Å². The van der Waals surface area contributed by atoms with Crippen molar-refractivity contribution >= 4 is 45.7 Å². The van der Waals surface area contributed by atoms with Crippen molar-refractivity contribution in [3.63, 3.8) is 0 Å². The van der Waals surface area contributed by atoms with Crippen molar-refractivity contribution in [3.05, 3.63) is 28.4 Å². The topological polar surface area (TPSA) is 0 Å². The maximum absolute atomic E-state index is 13.0. The van der Waals surface area contributed by atoms with E-state index in [1.54, 1.807) is 0 Å². The Balaban J connectivity index is 2.94. The third kappa shape index (κ3) is 1.13. The van der Waals surface area contributed by atoms with Crippen LogP contribution in [0.2, 0.25) is 5.02 Å². The van der Waals surface area contributed by atoms with Crippen molar-refractivity contribution < 1.29 is 4.39 Å². The van der Waals surface area contributed by atoms with Crippen molar-refractivity contribution in [1.82, 2.24) is 0 Å². The average Bonchev–Trinajstić information content (AvgIpc) is 2.48. The van der Waals surface area contributed by atoms with E-state index in [1.165, 1.54) is 17.4 Å². The summed E-state index contributed by atoms with van der Waals surface area (Å²) < 4.78 is 13.9. The molecule has 0 radical (unpaired) electrons. The summed E-state index contributed by atoms with van der Waals surface area (Å²) in [5.41, 5.74) is 0. The summed E-state index contributed by atoms with van der Waals surface area (Å²) in [6.45, 7) is 0. The number of hydrogen-bond donors (Lipinski definition) is 1. The lowest BCUT2D eigenvalue weighted by Crippen LogP contribution is -1.78. The van der Waals surface area contributed by atoms with Gasteiger partial charge in [-0.3, -0.25) is 0 Å². The molecule has 4 heteroatoms. The van der Waals surface area contributed by atoms with Crippen LogP contribution >= 0.6 is 35.6 Å². The number of halogens is 2. The van der Waals surface area contributed by atoms with E-state index in [0.717, 1.165) is 10.1 Å². The summed E-state index contributed by atoms with van der Waals surface area (Å²) in [4.78, 5) is 0.225. The first-order chi connectivity index (χ1) is 5.70. The van der Waals surface area contributed by atoms with Crippen LogP contribution < -0.4 is 0 Å². The summed E-state index contributed by atoms with van der Waals surface area (Å²) in [6, 6.07) is 3.32. The number of hydrogen-bond acceptors (Lipinski definition) is 2. The van der Waals surface area contributed by atoms with E-state index < -0.39 is 0 Å². The zero-order valence-corrected chi connectivity index (χ0v) is 8.31. The van der Waals surface area contributed by atoms with Gasteiger partial charge in [-0.25, -0.2) is 4.39 Å². The first kappa shape index (κ1) is 8.35. The first-order valence-corrected chi connectivity index (χ1v) is 4.95. The van der Waals surface area contributed by atoms with Crippen LogP contribution in [0.5, 0.6) is 0 Å². The van der Waals surface area contributed by atoms with Gasteiger partial charge in [-0.1, -0.05) is 11.6 Å². The minimum absolute atomic E-state index is 0.225. The first-order valence-electron chi connectivity index (χ1n) is 3.24. The van der Waals surface area contributed by atoms with Crippen LogP contribution in [0, 0.1) is 5.82 Å². The molecule has 0 nitrogen and oxygen atoms in total. The number of thiophene rings is 1. The fourth-order valence-corrected chi connectivity index (χ4v) is 2.35. The molecule has 0 atom stereocenters. The van der Waals surface area contributed by atoms with Crippen LogP contribution in [-0.2, 0) is 0 Å². The number of thiol groups is 1. The van der Waals surface area contributed by atoms with Gasteiger partial charge in [0.15, 0.2) is 0 Å². The Bertz CT molecular complexity index is 436. The number of rotatable bonds is 0. The van der Waals surface area contributed by atoms with E-state index in [4.69, 9.17) is 11.6 Å². The van der Waals surface area contributed by atoms with Crippen molar-refractivity contribution in [1.29, 1.82) is 0 Å². The Morgan fingerprint density at radius 2 is 2.25 bits per heavy atom. The zero-order chi connectivity index (χ0) is 8.72. The second-order valence-electron chi connectivity index (χ2n) is 2.35. The molecule has 2 aromatic rings. The van der Waals surface area contributed by atoms with Gasteiger partial charge >= 0.3 is 0 Å². The van der Waals surface area contributed by atoms with Gasteiger partial charge in [-0.05, 0) is 17.5 Å². The molecule has 0 aliphatic rings. The Morgan fingerprint density at radius 3 is 3.00 bits per heavy atom. The molecule has 12 heavy (non-hydrogen) atoms. The molecule has 1 aromatic carbocycles. The third-order valence-electron chi connectivity index (χ3n) is 1.62. The minimum Gasteiger partial charge on any atom is -0.206 e. The molecular formula is C8H4ClFS2. The molecule has 1 aromatic heterocycles. The maximum atomic E-state index is 13.0. The molecule has 0 spiro atoms. The van der Waals surface area contributed by atoms with Gasteiger partial charge in [0.25, 0.3) is 0 Å². The van der Waals surface area contributed by atoms with Crippen LogP contribution in [-0.4, -0.2) is 0 Å². The van der Waals surface area contributed by atoms with E-state index in [2.05, 4.69) is 12.6 Å². The molecular weight excluding hydrogens is 215 g/mol. The van der Waals surface area contributed by atoms with Crippen LogP contribution in [0.1, 0.15) is 0 Å². The van der Waals surface area contributed by atoms with Gasteiger partial charge in [0, 0.05) is 10.1 Å². The highest BCUT2D eigenvalue weighted by molar-refractivity contribution is 7.80. The quantitative estimate of drug-likeness (QED) is 0.636. The highest BCUT2D eigenvalue weighted by Gasteiger charge is 2.08. The van der Waals surface area contributed by atoms with Crippen LogP contribution in [0.3, 0.4) is 0 Å². The lowest BCUT2D eigenvalue weighted by Gasteiger charge is -1.99. The lowest BCUT2D eigenvalue weighted by atomic mass is 10.2. The van der Waals surface area contributed by atoms with Gasteiger partial charge in [-0.2, -0.15) is 0 Å². The Labute approximate surface area is 83.4 Å². The van der Waals surface area contributed by atoms with Crippen LogP contribution in [0.15, 0.2) is 22.4 Å². The summed E-state index contributed by atoms with van der Waals surface area (Å²) in [5, 5.41) is 3.14. The van der Waals surface area contributed by atoms with Crippen molar-refractivity contribution in [2.45, 2.75) is 4.90 Å². The molecule has 0 bridgehead atoms. The highest BCUT2D eigenvalue weighted by atomic mass is 35.5. The van der Waals surface area contributed by atoms with Crippen molar-refractivity contribution in [2.75, 3.05) is 0 Å². The standard InChI is InChI=1S/C8H4ClFS2/c9-7-4-1-2-12-6(4)3-5(10)8(7)11/h1-3,11H. The SMILES string of the molecule is Fc1cc2sccc2c(Cl)c1S. The van der Waals surface area contributed by atoms with Gasteiger partial charge in [0.05, 0.1) is 9.92 Å². The fourth-order valence-electron chi connectivity index (χ4n) is 1.03. The summed E-state index contributed by atoms with van der Waals surface area (Å²) in [7, 11) is 0. The second-order valence-corrected chi connectivity index (χ2v) is 4.13. The van der Waals surface area contributed by atoms with E-state index in [9.17, 15) is 4.39 Å². The fraction of sp³-hybridized carbons (Fsp3) is 0. The van der Waals surface area contributed by atoms with E-state index in [1.807, 2.05) is 11.4 Å². The molecule has 0 N–H and O–H groups in total. The van der Waals surface area contributed by atoms with E-state index in [0.29, 0.717) is 5.02 Å². The molecule has 0 saturated heterocycles. The van der Waals surface area contributed by atoms with E-state index in [-0.39, 0.29) is 10.7 Å². The number of benzene rings is 1. The number of fused-ring (bicyclic) bond motifs is 1. The minimum atomic E-state index is -0.363. The largest absolute Gasteiger partial charge is 0.206 e. The summed E-state index contributed by atoms with van der Waals surface area (Å²) in [6.07, 6.45) is 0. The molecule has 1 heterocycles. The molecule has 0 saturated carbocycles. The predicted octanol–water partition coefficient (Wildman–Crippen LogP) is 3.98. The highest BCUT2D eigenvalue weighted by Crippen LogP contribution is 2.34. The van der Waals surface area contributed by atoms with Gasteiger partial charge in [0.1, 0.15) is 5.82 Å². The predicted molar refractivity (Wildman–Crippen MR) is 54.0 cm³/mol. The molecule has 0 aliphatic heterocycles. The Morgan fingerprint density at radius 1 is 1.50 bits per heavy atom. The lowest BCUT2D eigenvalue weighted by molar-refractivity contribution is 0.605. The normalized spacial score (nSPS) is 10.9. The third-order valence-corrected chi connectivity index (χ3v) is 3.45. The molecule has 0 fully saturated rings. The molecule has 0 amide bonds. The molecule has 0 unspecified atom stereocenters. The average molecular weight is 219 g/mol. The monoisotopic (exact) mass is 218 g/mol. The maximum Gasteiger partial charge on any atom is 0.139 e. The van der Waals surface area contributed by atoms with Crippen LogP contribution in [0.4, 0.5) is 4.39 Å².